The molecule has 4 heteroatoms. The minimum atomic E-state index is -1.06. The monoisotopic (exact) mass is 201 g/mol. The second kappa shape index (κ2) is 5.78. The van der Waals surface area contributed by atoms with Crippen molar-refractivity contribution in [3.8, 4) is 0 Å². The van der Waals surface area contributed by atoms with Crippen LogP contribution in [0, 0.1) is 0 Å². The average molecular weight is 201 g/mol. The Morgan fingerprint density at radius 3 is 2.07 bits per heavy atom. The minimum Gasteiger partial charge on any atom is -0.333 e. The SMILES string of the molecule is C=C(C)C(=O)NC(C)(OCC)OCC. The van der Waals surface area contributed by atoms with Crippen molar-refractivity contribution in [2.24, 2.45) is 0 Å². The summed E-state index contributed by atoms with van der Waals surface area (Å²) in [7, 11) is 0. The highest BCUT2D eigenvalue weighted by atomic mass is 16.7. The van der Waals surface area contributed by atoms with Crippen LogP contribution >= 0.6 is 0 Å². The molecular formula is C10H19NO3. The van der Waals surface area contributed by atoms with E-state index in [9.17, 15) is 4.79 Å². The maximum Gasteiger partial charge on any atom is 0.250 e. The molecule has 0 fully saturated rings. The molecule has 0 aliphatic rings. The second-order valence-corrected chi connectivity index (χ2v) is 3.05. The summed E-state index contributed by atoms with van der Waals surface area (Å²) in [6.07, 6.45) is 0. The van der Waals surface area contributed by atoms with Gasteiger partial charge in [0.05, 0.1) is 0 Å². The number of carbonyl (C=O) groups excluding carboxylic acids is 1. The summed E-state index contributed by atoms with van der Waals surface area (Å²) in [5.74, 6) is -1.33. The van der Waals surface area contributed by atoms with E-state index in [2.05, 4.69) is 11.9 Å². The van der Waals surface area contributed by atoms with Crippen LogP contribution in [0.25, 0.3) is 0 Å². The zero-order valence-electron chi connectivity index (χ0n) is 9.35. The van der Waals surface area contributed by atoms with Crippen molar-refractivity contribution in [3.63, 3.8) is 0 Å². The third kappa shape index (κ3) is 4.39. The highest BCUT2D eigenvalue weighted by molar-refractivity contribution is 5.92. The van der Waals surface area contributed by atoms with Crippen LogP contribution in [0.5, 0.6) is 0 Å². The standard InChI is InChI=1S/C10H19NO3/c1-6-13-10(5,14-7-2)11-9(12)8(3)4/h3,6-7H2,1-2,4-5H3,(H,11,12). The second-order valence-electron chi connectivity index (χ2n) is 3.05. The summed E-state index contributed by atoms with van der Waals surface area (Å²) in [5, 5.41) is 2.61. The summed E-state index contributed by atoms with van der Waals surface area (Å²) >= 11 is 0. The summed E-state index contributed by atoms with van der Waals surface area (Å²) in [5.41, 5.74) is 0.427. The van der Waals surface area contributed by atoms with Gasteiger partial charge < -0.3 is 14.8 Å². The molecule has 1 amide bonds. The summed E-state index contributed by atoms with van der Waals surface area (Å²) in [4.78, 5) is 11.3. The van der Waals surface area contributed by atoms with Crippen LogP contribution in [-0.2, 0) is 14.3 Å². The Morgan fingerprint density at radius 2 is 1.79 bits per heavy atom. The lowest BCUT2D eigenvalue weighted by atomic mass is 10.3. The van der Waals surface area contributed by atoms with Crippen LogP contribution < -0.4 is 5.32 Å². The predicted molar refractivity (Wildman–Crippen MR) is 54.6 cm³/mol. The van der Waals surface area contributed by atoms with Gasteiger partial charge in [0.2, 0.25) is 11.8 Å². The molecule has 0 atom stereocenters. The smallest absolute Gasteiger partial charge is 0.250 e. The first-order valence-corrected chi connectivity index (χ1v) is 4.71. The molecule has 0 spiro atoms. The van der Waals surface area contributed by atoms with E-state index in [0.717, 1.165) is 0 Å². The van der Waals surface area contributed by atoms with Crippen LogP contribution in [0.15, 0.2) is 12.2 Å². The first-order chi connectivity index (χ1) is 6.45. The molecule has 0 saturated carbocycles. The van der Waals surface area contributed by atoms with Crippen molar-refractivity contribution in [1.29, 1.82) is 0 Å². The van der Waals surface area contributed by atoms with Gasteiger partial charge in [-0.05, 0) is 20.8 Å². The number of ether oxygens (including phenoxy) is 2. The Morgan fingerprint density at radius 1 is 1.36 bits per heavy atom. The van der Waals surface area contributed by atoms with Crippen molar-refractivity contribution in [2.45, 2.75) is 33.6 Å². The van der Waals surface area contributed by atoms with Gasteiger partial charge in [0.25, 0.3) is 0 Å². The van der Waals surface area contributed by atoms with Crippen LogP contribution in [0.3, 0.4) is 0 Å². The average Bonchev–Trinajstić information content (AvgIpc) is 2.04. The Hall–Kier alpha value is -0.870. The van der Waals surface area contributed by atoms with Gasteiger partial charge in [0.1, 0.15) is 0 Å². The van der Waals surface area contributed by atoms with Crippen LogP contribution in [-0.4, -0.2) is 25.0 Å². The Bertz CT molecular complexity index is 207. The molecule has 0 heterocycles. The highest BCUT2D eigenvalue weighted by Gasteiger charge is 2.27. The van der Waals surface area contributed by atoms with Gasteiger partial charge in [-0.25, -0.2) is 0 Å². The first kappa shape index (κ1) is 13.1. The fourth-order valence-electron chi connectivity index (χ4n) is 0.978. The van der Waals surface area contributed by atoms with E-state index >= 15 is 0 Å². The maximum absolute atomic E-state index is 11.3. The third-order valence-electron chi connectivity index (χ3n) is 1.57. The predicted octanol–water partition coefficient (Wildman–Crippen LogP) is 1.43. The normalized spacial score (nSPS) is 11.1. The van der Waals surface area contributed by atoms with Gasteiger partial charge in [-0.2, -0.15) is 0 Å². The van der Waals surface area contributed by atoms with E-state index in [4.69, 9.17) is 9.47 Å². The van der Waals surface area contributed by atoms with Gasteiger partial charge in [-0.15, -0.1) is 0 Å². The van der Waals surface area contributed by atoms with Crippen molar-refractivity contribution in [3.05, 3.63) is 12.2 Å². The zero-order chi connectivity index (χ0) is 11.2. The maximum atomic E-state index is 11.3. The van der Waals surface area contributed by atoms with Gasteiger partial charge in [-0.3, -0.25) is 4.79 Å². The minimum absolute atomic E-state index is 0.269. The van der Waals surface area contributed by atoms with Crippen LogP contribution in [0.2, 0.25) is 0 Å². The summed E-state index contributed by atoms with van der Waals surface area (Å²) in [6, 6.07) is 0. The number of amides is 1. The fourth-order valence-corrected chi connectivity index (χ4v) is 0.978. The Labute approximate surface area is 85.3 Å². The molecule has 0 aromatic rings. The summed E-state index contributed by atoms with van der Waals surface area (Å²) in [6.45, 7) is 11.4. The van der Waals surface area contributed by atoms with E-state index in [0.29, 0.717) is 18.8 Å². The van der Waals surface area contributed by atoms with Crippen molar-refractivity contribution >= 4 is 5.91 Å². The number of carbonyl (C=O) groups is 1. The first-order valence-electron chi connectivity index (χ1n) is 4.71. The van der Waals surface area contributed by atoms with Crippen molar-refractivity contribution in [2.75, 3.05) is 13.2 Å². The Balaban J connectivity index is 4.35. The zero-order valence-corrected chi connectivity index (χ0v) is 9.35. The molecule has 0 aliphatic carbocycles. The van der Waals surface area contributed by atoms with E-state index in [1.807, 2.05) is 13.8 Å². The fraction of sp³-hybridized carbons (Fsp3) is 0.700. The molecule has 1 N–H and O–H groups in total. The number of hydrogen-bond donors (Lipinski definition) is 1. The van der Waals surface area contributed by atoms with Crippen molar-refractivity contribution < 1.29 is 14.3 Å². The van der Waals surface area contributed by atoms with Gasteiger partial charge >= 0.3 is 0 Å². The molecule has 14 heavy (non-hydrogen) atoms. The molecule has 0 saturated heterocycles. The lowest BCUT2D eigenvalue weighted by molar-refractivity contribution is -0.237. The third-order valence-corrected chi connectivity index (χ3v) is 1.57. The Kier molecular flexibility index (Phi) is 5.42. The molecule has 82 valence electrons. The van der Waals surface area contributed by atoms with E-state index in [1.165, 1.54) is 0 Å². The molecular weight excluding hydrogens is 182 g/mol. The highest BCUT2D eigenvalue weighted by Crippen LogP contribution is 2.09. The topological polar surface area (TPSA) is 47.6 Å². The van der Waals surface area contributed by atoms with E-state index in [-0.39, 0.29) is 5.91 Å². The van der Waals surface area contributed by atoms with Gasteiger partial charge in [0.15, 0.2) is 0 Å². The van der Waals surface area contributed by atoms with E-state index < -0.39 is 5.91 Å². The van der Waals surface area contributed by atoms with Gasteiger partial charge in [0, 0.05) is 25.7 Å². The number of rotatable bonds is 6. The van der Waals surface area contributed by atoms with Gasteiger partial charge in [-0.1, -0.05) is 6.58 Å². The van der Waals surface area contributed by atoms with Crippen LogP contribution in [0.1, 0.15) is 27.7 Å². The van der Waals surface area contributed by atoms with E-state index in [1.54, 1.807) is 13.8 Å². The lowest BCUT2D eigenvalue weighted by Gasteiger charge is -2.29. The molecule has 0 aliphatic heterocycles. The molecule has 4 nitrogen and oxygen atoms in total. The lowest BCUT2D eigenvalue weighted by Crippen LogP contribution is -2.50. The molecule has 0 aromatic carbocycles. The van der Waals surface area contributed by atoms with Crippen LogP contribution in [0.4, 0.5) is 0 Å². The summed E-state index contributed by atoms with van der Waals surface area (Å²) < 4.78 is 10.6. The molecule has 0 rings (SSSR count). The number of hydrogen-bond acceptors (Lipinski definition) is 3. The molecule has 0 unspecified atom stereocenters. The molecule has 0 aromatic heterocycles. The molecule has 0 bridgehead atoms. The largest absolute Gasteiger partial charge is 0.333 e. The molecule has 0 radical (unpaired) electrons. The quantitative estimate of drug-likeness (QED) is 0.522. The number of nitrogens with one attached hydrogen (secondary N) is 1. The van der Waals surface area contributed by atoms with Crippen molar-refractivity contribution in [1.82, 2.24) is 5.32 Å².